The molecule has 0 aliphatic rings. The van der Waals surface area contributed by atoms with Gasteiger partial charge in [0, 0.05) is 7.11 Å². The van der Waals surface area contributed by atoms with E-state index in [0.29, 0.717) is 0 Å². The Morgan fingerprint density at radius 2 is 1.93 bits per heavy atom. The number of nitrogens with two attached hydrogens (primary N) is 1. The lowest BCUT2D eigenvalue weighted by Crippen LogP contribution is -2.31. The van der Waals surface area contributed by atoms with Crippen LogP contribution >= 0.6 is 0 Å². The zero-order chi connectivity index (χ0) is 10.6. The van der Waals surface area contributed by atoms with Crippen LogP contribution in [0, 0.1) is 6.92 Å². The van der Waals surface area contributed by atoms with E-state index in [1.54, 1.807) is 7.11 Å². The van der Waals surface area contributed by atoms with Crippen LogP contribution in [0.4, 0.5) is 4.39 Å². The van der Waals surface area contributed by atoms with E-state index in [1.165, 1.54) is 0 Å². The van der Waals surface area contributed by atoms with Crippen LogP contribution in [0.15, 0.2) is 24.3 Å². The molecule has 0 aromatic heterocycles. The summed E-state index contributed by atoms with van der Waals surface area (Å²) in [6.07, 6.45) is -0.361. The van der Waals surface area contributed by atoms with Crippen molar-refractivity contribution >= 4 is 0 Å². The molecule has 1 rings (SSSR count). The molecule has 2 atom stereocenters. The summed E-state index contributed by atoms with van der Waals surface area (Å²) < 4.78 is 17.5. The van der Waals surface area contributed by atoms with Gasteiger partial charge in [-0.05, 0) is 12.5 Å². The molecule has 14 heavy (non-hydrogen) atoms. The summed E-state index contributed by atoms with van der Waals surface area (Å²) in [6, 6.07) is 7.17. The Kier molecular flexibility index (Phi) is 4.04. The lowest BCUT2D eigenvalue weighted by Gasteiger charge is -2.20. The Balaban J connectivity index is 2.84. The van der Waals surface area contributed by atoms with Crippen LogP contribution in [0.3, 0.4) is 0 Å². The maximum absolute atomic E-state index is 12.4. The summed E-state index contributed by atoms with van der Waals surface area (Å²) in [6.45, 7) is 1.42. The van der Waals surface area contributed by atoms with Gasteiger partial charge in [-0.3, -0.25) is 0 Å². The number of halogens is 1. The summed E-state index contributed by atoms with van der Waals surface area (Å²) >= 11 is 0. The predicted octanol–water partition coefficient (Wildman–Crippen LogP) is 1.98. The molecule has 2 N–H and O–H groups in total. The lowest BCUT2D eigenvalue weighted by molar-refractivity contribution is 0.0721. The quantitative estimate of drug-likeness (QED) is 0.801. The molecule has 0 aliphatic heterocycles. The molecular weight excluding hydrogens is 181 g/mol. The summed E-state index contributed by atoms with van der Waals surface area (Å²) in [5.74, 6) is 0. The topological polar surface area (TPSA) is 35.2 Å². The van der Waals surface area contributed by atoms with Crippen molar-refractivity contribution in [2.24, 2.45) is 5.73 Å². The van der Waals surface area contributed by atoms with E-state index in [9.17, 15) is 4.39 Å². The Hall–Kier alpha value is -0.930. The van der Waals surface area contributed by atoms with Crippen molar-refractivity contribution in [2.75, 3.05) is 13.8 Å². The minimum Gasteiger partial charge on any atom is -0.375 e. The van der Waals surface area contributed by atoms with Crippen molar-refractivity contribution in [3.63, 3.8) is 0 Å². The molecule has 0 unspecified atom stereocenters. The van der Waals surface area contributed by atoms with Gasteiger partial charge in [-0.15, -0.1) is 0 Å². The molecular formula is C11H16FNO. The number of ether oxygens (including phenoxy) is 1. The fourth-order valence-corrected chi connectivity index (χ4v) is 1.40. The molecule has 0 heterocycles. The highest BCUT2D eigenvalue weighted by atomic mass is 19.1. The predicted molar refractivity (Wildman–Crippen MR) is 54.9 cm³/mol. The van der Waals surface area contributed by atoms with E-state index in [-0.39, 0.29) is 6.10 Å². The van der Waals surface area contributed by atoms with Crippen molar-refractivity contribution in [2.45, 2.75) is 19.1 Å². The van der Waals surface area contributed by atoms with Crippen molar-refractivity contribution in [3.05, 3.63) is 35.4 Å². The number of aryl methyl sites for hydroxylation is 1. The first-order valence-corrected chi connectivity index (χ1v) is 4.60. The molecule has 1 aromatic rings. The molecule has 0 spiro atoms. The Labute approximate surface area is 83.9 Å². The molecule has 0 radical (unpaired) electrons. The van der Waals surface area contributed by atoms with Gasteiger partial charge in [0.15, 0.2) is 0 Å². The van der Waals surface area contributed by atoms with E-state index in [4.69, 9.17) is 10.5 Å². The average molecular weight is 197 g/mol. The zero-order valence-electron chi connectivity index (χ0n) is 8.53. The standard InChI is InChI=1S/C11H16FNO/c1-8-3-5-9(6-4-8)11(14-2)10(13)7-12/h3-6,10-11H,7,13H2,1-2H3/t10-,11-/m1/s1. The Morgan fingerprint density at radius 3 is 2.36 bits per heavy atom. The number of hydrogen-bond acceptors (Lipinski definition) is 2. The fraction of sp³-hybridized carbons (Fsp3) is 0.455. The second-order valence-corrected chi connectivity index (χ2v) is 3.39. The van der Waals surface area contributed by atoms with Gasteiger partial charge >= 0.3 is 0 Å². The molecule has 0 aliphatic carbocycles. The number of rotatable bonds is 4. The van der Waals surface area contributed by atoms with Crippen LogP contribution in [0.2, 0.25) is 0 Å². The van der Waals surface area contributed by atoms with Crippen LogP contribution in [0.1, 0.15) is 17.2 Å². The van der Waals surface area contributed by atoms with Gasteiger partial charge in [0.05, 0.1) is 12.1 Å². The number of hydrogen-bond donors (Lipinski definition) is 1. The van der Waals surface area contributed by atoms with Gasteiger partial charge in [-0.1, -0.05) is 29.8 Å². The summed E-state index contributed by atoms with van der Waals surface area (Å²) in [5, 5.41) is 0. The van der Waals surface area contributed by atoms with Gasteiger partial charge < -0.3 is 10.5 Å². The summed E-state index contributed by atoms with van der Waals surface area (Å²) in [5.41, 5.74) is 7.68. The highest BCUT2D eigenvalue weighted by molar-refractivity contribution is 5.24. The van der Waals surface area contributed by atoms with E-state index in [2.05, 4.69) is 0 Å². The molecule has 0 saturated carbocycles. The first-order valence-electron chi connectivity index (χ1n) is 4.60. The molecule has 0 amide bonds. The monoisotopic (exact) mass is 197 g/mol. The SMILES string of the molecule is CO[C@H](c1ccc(C)cc1)[C@H](N)CF. The largest absolute Gasteiger partial charge is 0.375 e. The minimum absolute atomic E-state index is 0.361. The van der Waals surface area contributed by atoms with Crippen LogP contribution < -0.4 is 5.73 Å². The number of benzene rings is 1. The molecule has 3 heteroatoms. The fourth-order valence-electron chi connectivity index (χ4n) is 1.40. The molecule has 1 aromatic carbocycles. The van der Waals surface area contributed by atoms with Crippen LogP contribution in [-0.2, 0) is 4.74 Å². The third-order valence-electron chi connectivity index (χ3n) is 2.23. The smallest absolute Gasteiger partial charge is 0.107 e. The summed E-state index contributed by atoms with van der Waals surface area (Å²) in [7, 11) is 1.54. The van der Waals surface area contributed by atoms with E-state index in [0.717, 1.165) is 11.1 Å². The van der Waals surface area contributed by atoms with Crippen molar-refractivity contribution in [3.8, 4) is 0 Å². The minimum atomic E-state index is -0.595. The maximum Gasteiger partial charge on any atom is 0.107 e. The Morgan fingerprint density at radius 1 is 1.36 bits per heavy atom. The molecule has 0 saturated heterocycles. The number of alkyl halides is 1. The first kappa shape index (κ1) is 11.1. The van der Waals surface area contributed by atoms with Gasteiger partial charge in [-0.2, -0.15) is 0 Å². The van der Waals surface area contributed by atoms with Gasteiger partial charge in [0.25, 0.3) is 0 Å². The highest BCUT2D eigenvalue weighted by Crippen LogP contribution is 2.20. The average Bonchev–Trinajstić information content (AvgIpc) is 2.21. The highest BCUT2D eigenvalue weighted by Gasteiger charge is 2.18. The third kappa shape index (κ3) is 2.53. The Bertz CT molecular complexity index is 273. The van der Waals surface area contributed by atoms with Gasteiger partial charge in [0.2, 0.25) is 0 Å². The second-order valence-electron chi connectivity index (χ2n) is 3.39. The lowest BCUT2D eigenvalue weighted by atomic mass is 10.0. The van der Waals surface area contributed by atoms with Crippen molar-refractivity contribution in [1.82, 2.24) is 0 Å². The van der Waals surface area contributed by atoms with Gasteiger partial charge in [0.1, 0.15) is 6.67 Å². The van der Waals surface area contributed by atoms with Crippen molar-refractivity contribution in [1.29, 1.82) is 0 Å². The van der Waals surface area contributed by atoms with E-state index in [1.807, 2.05) is 31.2 Å². The van der Waals surface area contributed by atoms with Crippen LogP contribution in [0.25, 0.3) is 0 Å². The van der Waals surface area contributed by atoms with E-state index >= 15 is 0 Å². The molecule has 0 bridgehead atoms. The maximum atomic E-state index is 12.4. The van der Waals surface area contributed by atoms with Gasteiger partial charge in [-0.25, -0.2) is 4.39 Å². The molecule has 78 valence electrons. The normalized spacial score (nSPS) is 15.1. The zero-order valence-corrected chi connectivity index (χ0v) is 8.53. The van der Waals surface area contributed by atoms with Crippen molar-refractivity contribution < 1.29 is 9.13 Å². The first-order chi connectivity index (χ1) is 6.69. The van der Waals surface area contributed by atoms with E-state index < -0.39 is 12.7 Å². The molecule has 0 fully saturated rings. The molecule has 2 nitrogen and oxygen atoms in total. The number of methoxy groups -OCH3 is 1. The second kappa shape index (κ2) is 5.08. The van der Waals surface area contributed by atoms with Crippen LogP contribution in [0.5, 0.6) is 0 Å². The summed E-state index contributed by atoms with van der Waals surface area (Å²) in [4.78, 5) is 0. The van der Waals surface area contributed by atoms with Crippen LogP contribution in [-0.4, -0.2) is 19.8 Å². The third-order valence-corrected chi connectivity index (χ3v) is 2.23.